The van der Waals surface area contributed by atoms with Crippen LogP contribution in [-0.4, -0.2) is 6.71 Å². The second-order valence-electron chi connectivity index (χ2n) is 12.2. The Morgan fingerprint density at radius 3 is 1.70 bits per heavy atom. The summed E-state index contributed by atoms with van der Waals surface area (Å²) in [5.41, 5.74) is 17.5. The lowest BCUT2D eigenvalue weighted by molar-refractivity contribution is 1.25. The van der Waals surface area contributed by atoms with Gasteiger partial charge in [-0.2, -0.15) is 0 Å². The van der Waals surface area contributed by atoms with E-state index >= 15 is 0 Å². The van der Waals surface area contributed by atoms with Crippen molar-refractivity contribution in [1.82, 2.24) is 0 Å². The molecule has 3 heteroatoms. The Morgan fingerprint density at radius 1 is 0.391 bits per heavy atom. The zero-order valence-corrected chi connectivity index (χ0v) is 25.6. The molecular formula is C43H31BN2. The SMILES string of the molecule is Cc1cc(N2c3ccc(-c4ccccc4)cc3B3c4ccccc4N(c4ccccc4)c4cccc2c43)ccc1-c1ccccc1. The summed E-state index contributed by atoms with van der Waals surface area (Å²) in [7, 11) is 0. The number of benzene rings is 7. The van der Waals surface area contributed by atoms with Gasteiger partial charge in [0.15, 0.2) is 0 Å². The van der Waals surface area contributed by atoms with Crippen molar-refractivity contribution in [1.29, 1.82) is 0 Å². The van der Waals surface area contributed by atoms with Gasteiger partial charge in [-0.05, 0) is 99.7 Å². The third-order valence-corrected chi connectivity index (χ3v) is 9.57. The average Bonchev–Trinajstić information content (AvgIpc) is 3.12. The summed E-state index contributed by atoms with van der Waals surface area (Å²) in [5, 5.41) is 0. The molecule has 0 aliphatic carbocycles. The lowest BCUT2D eigenvalue weighted by Gasteiger charge is -2.44. The molecular weight excluding hydrogens is 555 g/mol. The van der Waals surface area contributed by atoms with E-state index in [0.29, 0.717) is 0 Å². The lowest BCUT2D eigenvalue weighted by Crippen LogP contribution is -2.61. The van der Waals surface area contributed by atoms with E-state index in [0.717, 1.165) is 0 Å². The van der Waals surface area contributed by atoms with Crippen molar-refractivity contribution in [2.24, 2.45) is 0 Å². The van der Waals surface area contributed by atoms with Crippen molar-refractivity contribution in [3.8, 4) is 22.3 Å². The van der Waals surface area contributed by atoms with Crippen molar-refractivity contribution in [3.05, 3.63) is 175 Å². The number of hydrogen-bond acceptors (Lipinski definition) is 2. The zero-order chi connectivity index (χ0) is 30.6. The molecule has 46 heavy (non-hydrogen) atoms. The number of rotatable bonds is 4. The molecule has 7 aromatic rings. The largest absolute Gasteiger partial charge is 0.311 e. The highest BCUT2D eigenvalue weighted by Gasteiger charge is 2.43. The van der Waals surface area contributed by atoms with Crippen LogP contribution in [0, 0.1) is 6.92 Å². The highest BCUT2D eigenvalue weighted by Crippen LogP contribution is 2.44. The predicted octanol–water partition coefficient (Wildman–Crippen LogP) is 9.41. The van der Waals surface area contributed by atoms with Gasteiger partial charge in [0.1, 0.15) is 0 Å². The van der Waals surface area contributed by atoms with Crippen LogP contribution >= 0.6 is 0 Å². The molecule has 0 spiro atoms. The van der Waals surface area contributed by atoms with Crippen molar-refractivity contribution < 1.29 is 0 Å². The van der Waals surface area contributed by atoms with Gasteiger partial charge in [-0.15, -0.1) is 0 Å². The van der Waals surface area contributed by atoms with Gasteiger partial charge in [0, 0.05) is 34.1 Å². The van der Waals surface area contributed by atoms with Crippen LogP contribution < -0.4 is 26.2 Å². The fraction of sp³-hybridized carbons (Fsp3) is 0.0233. The van der Waals surface area contributed by atoms with Gasteiger partial charge in [-0.1, -0.05) is 121 Å². The summed E-state index contributed by atoms with van der Waals surface area (Å²) in [4.78, 5) is 4.93. The summed E-state index contributed by atoms with van der Waals surface area (Å²) in [6, 6.07) is 61.9. The first-order valence-corrected chi connectivity index (χ1v) is 16.0. The Labute approximate surface area is 270 Å². The maximum Gasteiger partial charge on any atom is 0.252 e. The molecule has 0 aromatic heterocycles. The maximum atomic E-state index is 2.48. The average molecular weight is 587 g/mol. The maximum absolute atomic E-state index is 2.48. The van der Waals surface area contributed by atoms with Crippen LogP contribution in [0.5, 0.6) is 0 Å². The molecule has 0 fully saturated rings. The molecule has 0 saturated heterocycles. The summed E-state index contributed by atoms with van der Waals surface area (Å²) in [6.07, 6.45) is 0. The second kappa shape index (κ2) is 10.7. The van der Waals surface area contributed by atoms with Gasteiger partial charge in [0.25, 0.3) is 6.71 Å². The molecule has 0 bridgehead atoms. The minimum Gasteiger partial charge on any atom is -0.311 e. The zero-order valence-electron chi connectivity index (χ0n) is 25.6. The molecule has 2 aliphatic heterocycles. The van der Waals surface area contributed by atoms with Crippen LogP contribution in [0.2, 0.25) is 0 Å². The van der Waals surface area contributed by atoms with Crippen molar-refractivity contribution in [2.45, 2.75) is 6.92 Å². The van der Waals surface area contributed by atoms with Crippen molar-refractivity contribution in [3.63, 3.8) is 0 Å². The Balaban J connectivity index is 1.31. The first-order chi connectivity index (χ1) is 22.8. The van der Waals surface area contributed by atoms with Gasteiger partial charge in [-0.25, -0.2) is 0 Å². The number of fused-ring (bicyclic) bond motifs is 4. The summed E-state index contributed by atoms with van der Waals surface area (Å²) < 4.78 is 0. The van der Waals surface area contributed by atoms with Gasteiger partial charge >= 0.3 is 0 Å². The third-order valence-electron chi connectivity index (χ3n) is 9.57. The van der Waals surface area contributed by atoms with E-state index < -0.39 is 0 Å². The summed E-state index contributed by atoms with van der Waals surface area (Å²) in [5.74, 6) is 0. The molecule has 0 amide bonds. The number of anilines is 6. The normalized spacial score (nSPS) is 12.8. The highest BCUT2D eigenvalue weighted by molar-refractivity contribution is 7.00. The van der Waals surface area contributed by atoms with E-state index in [4.69, 9.17) is 0 Å². The molecule has 0 radical (unpaired) electrons. The Kier molecular flexibility index (Phi) is 6.17. The van der Waals surface area contributed by atoms with Crippen molar-refractivity contribution >= 4 is 57.2 Å². The number of hydrogen-bond donors (Lipinski definition) is 0. The monoisotopic (exact) mass is 586 g/mol. The van der Waals surface area contributed by atoms with Crippen LogP contribution in [0.15, 0.2) is 170 Å². The minimum atomic E-state index is 0.0990. The van der Waals surface area contributed by atoms with Crippen LogP contribution in [-0.2, 0) is 0 Å². The molecule has 216 valence electrons. The van der Waals surface area contributed by atoms with E-state index in [-0.39, 0.29) is 6.71 Å². The molecule has 0 saturated carbocycles. The van der Waals surface area contributed by atoms with Gasteiger partial charge < -0.3 is 9.80 Å². The van der Waals surface area contributed by atoms with E-state index in [2.05, 4.69) is 187 Å². The van der Waals surface area contributed by atoms with Crippen LogP contribution in [0.1, 0.15) is 5.56 Å². The highest BCUT2D eigenvalue weighted by atomic mass is 15.2. The van der Waals surface area contributed by atoms with E-state index in [1.54, 1.807) is 0 Å². The summed E-state index contributed by atoms with van der Waals surface area (Å²) >= 11 is 0. The minimum absolute atomic E-state index is 0.0990. The van der Waals surface area contributed by atoms with Crippen LogP contribution in [0.4, 0.5) is 34.1 Å². The number of nitrogens with zero attached hydrogens (tertiary/aromatic N) is 2. The lowest BCUT2D eigenvalue weighted by atomic mass is 9.33. The topological polar surface area (TPSA) is 6.48 Å². The third kappa shape index (κ3) is 4.13. The summed E-state index contributed by atoms with van der Waals surface area (Å²) in [6.45, 7) is 2.33. The molecule has 2 aliphatic rings. The standard InChI is InChI=1S/C43H31BN2/c1-30-28-35(25-26-36(30)32-16-7-3-8-17-32)46-40-27-24-33(31-14-5-2-6-15-31)29-38(40)44-37-20-11-12-21-39(37)45(34-18-9-4-10-19-34)41-22-13-23-42(46)43(41)44/h2-29H,1H3. The smallest absolute Gasteiger partial charge is 0.252 e. The Hall–Kier alpha value is -5.80. The second-order valence-corrected chi connectivity index (χ2v) is 12.2. The van der Waals surface area contributed by atoms with E-state index in [9.17, 15) is 0 Å². The quantitative estimate of drug-likeness (QED) is 0.190. The first-order valence-electron chi connectivity index (χ1n) is 16.0. The van der Waals surface area contributed by atoms with Gasteiger partial charge in [0.2, 0.25) is 0 Å². The fourth-order valence-electron chi connectivity index (χ4n) is 7.56. The molecule has 7 aromatic carbocycles. The Morgan fingerprint density at radius 2 is 0.978 bits per heavy atom. The first kappa shape index (κ1) is 26.6. The fourth-order valence-corrected chi connectivity index (χ4v) is 7.56. The molecule has 0 N–H and O–H groups in total. The molecule has 2 heterocycles. The van der Waals surface area contributed by atoms with Crippen molar-refractivity contribution in [2.75, 3.05) is 9.80 Å². The van der Waals surface area contributed by atoms with Crippen LogP contribution in [0.3, 0.4) is 0 Å². The number of para-hydroxylation sites is 2. The van der Waals surface area contributed by atoms with E-state index in [1.165, 1.54) is 78.3 Å². The van der Waals surface area contributed by atoms with Gasteiger partial charge in [0.05, 0.1) is 0 Å². The molecule has 0 unspecified atom stereocenters. The molecule has 0 atom stereocenters. The molecule has 2 nitrogen and oxygen atoms in total. The number of aryl methyl sites for hydroxylation is 1. The van der Waals surface area contributed by atoms with E-state index in [1.807, 2.05) is 0 Å². The Bertz CT molecular complexity index is 2230. The van der Waals surface area contributed by atoms with Gasteiger partial charge in [-0.3, -0.25) is 0 Å². The molecule has 9 rings (SSSR count). The predicted molar refractivity (Wildman–Crippen MR) is 196 cm³/mol. The van der Waals surface area contributed by atoms with Crippen LogP contribution in [0.25, 0.3) is 22.3 Å².